The summed E-state index contributed by atoms with van der Waals surface area (Å²) in [5.41, 5.74) is 0. The summed E-state index contributed by atoms with van der Waals surface area (Å²) >= 11 is 0. The molecular formula is C61H115NO5. The third-order valence-electron chi connectivity index (χ3n) is 13.6. The van der Waals surface area contributed by atoms with Gasteiger partial charge in [0.15, 0.2) is 0 Å². The number of ether oxygens (including phenoxy) is 1. The van der Waals surface area contributed by atoms with Crippen LogP contribution in [0.25, 0.3) is 0 Å². The molecule has 0 radical (unpaired) electrons. The van der Waals surface area contributed by atoms with Crippen LogP contribution in [0.4, 0.5) is 0 Å². The quantitative estimate of drug-likeness (QED) is 0.0321. The van der Waals surface area contributed by atoms with Crippen molar-refractivity contribution in [1.29, 1.82) is 0 Å². The van der Waals surface area contributed by atoms with Crippen molar-refractivity contribution in [2.75, 3.05) is 13.2 Å². The van der Waals surface area contributed by atoms with Crippen LogP contribution >= 0.6 is 0 Å². The molecule has 6 nitrogen and oxygen atoms in total. The van der Waals surface area contributed by atoms with Crippen LogP contribution in [0.2, 0.25) is 0 Å². The molecule has 0 aromatic rings. The second kappa shape index (κ2) is 56.7. The topological polar surface area (TPSA) is 95.9 Å². The summed E-state index contributed by atoms with van der Waals surface area (Å²) in [5, 5.41) is 23.2. The first-order valence-electron chi connectivity index (χ1n) is 29.8. The molecule has 0 saturated heterocycles. The summed E-state index contributed by atoms with van der Waals surface area (Å²) in [7, 11) is 0. The fourth-order valence-electron chi connectivity index (χ4n) is 9.03. The summed E-state index contributed by atoms with van der Waals surface area (Å²) in [5.74, 6) is -0.124. The van der Waals surface area contributed by atoms with E-state index >= 15 is 0 Å². The lowest BCUT2D eigenvalue weighted by molar-refractivity contribution is -0.143. The number of unbranched alkanes of at least 4 members (excludes halogenated alkanes) is 40. The van der Waals surface area contributed by atoms with Gasteiger partial charge in [0.25, 0.3) is 0 Å². The summed E-state index contributed by atoms with van der Waals surface area (Å²) in [4.78, 5) is 24.5. The van der Waals surface area contributed by atoms with Gasteiger partial charge in [0, 0.05) is 12.8 Å². The lowest BCUT2D eigenvalue weighted by atomic mass is 10.0. The molecule has 6 heteroatoms. The highest BCUT2D eigenvalue weighted by Gasteiger charge is 2.18. The normalized spacial score (nSPS) is 12.8. The number of carbonyl (C=O) groups is 2. The average molecular weight is 943 g/mol. The highest BCUT2D eigenvalue weighted by Crippen LogP contribution is 2.17. The first kappa shape index (κ1) is 65.1. The van der Waals surface area contributed by atoms with Crippen molar-refractivity contribution in [2.45, 2.75) is 328 Å². The SMILES string of the molecule is CCCCCCCC/C=C\CCCCCCCC(=O)OCCCCC/C=C\CCCCCCCC(=O)NC(CO)C(O)/C=C/CCCCCCCCCCCCCCCCCCCCCCC. The van der Waals surface area contributed by atoms with Gasteiger partial charge >= 0.3 is 5.97 Å². The van der Waals surface area contributed by atoms with E-state index in [9.17, 15) is 19.8 Å². The molecule has 0 aromatic carbocycles. The van der Waals surface area contributed by atoms with E-state index in [0.29, 0.717) is 19.4 Å². The number of esters is 1. The van der Waals surface area contributed by atoms with E-state index in [1.54, 1.807) is 6.08 Å². The zero-order valence-corrected chi connectivity index (χ0v) is 44.9. The van der Waals surface area contributed by atoms with Crippen LogP contribution in [0.15, 0.2) is 36.5 Å². The van der Waals surface area contributed by atoms with Gasteiger partial charge in [0.05, 0.1) is 25.4 Å². The van der Waals surface area contributed by atoms with Gasteiger partial charge in [-0.25, -0.2) is 0 Å². The lowest BCUT2D eigenvalue weighted by Crippen LogP contribution is -2.45. The molecule has 0 aromatic heterocycles. The van der Waals surface area contributed by atoms with Crippen molar-refractivity contribution in [3.8, 4) is 0 Å². The van der Waals surface area contributed by atoms with Crippen molar-refractivity contribution < 1.29 is 24.5 Å². The van der Waals surface area contributed by atoms with Gasteiger partial charge in [-0.2, -0.15) is 0 Å². The van der Waals surface area contributed by atoms with Crippen LogP contribution in [0, 0.1) is 0 Å². The highest BCUT2D eigenvalue weighted by molar-refractivity contribution is 5.76. The molecular weight excluding hydrogens is 827 g/mol. The molecule has 0 aliphatic carbocycles. The van der Waals surface area contributed by atoms with Crippen LogP contribution in [0.1, 0.15) is 316 Å². The third kappa shape index (κ3) is 53.3. The molecule has 0 aliphatic rings. The largest absolute Gasteiger partial charge is 0.466 e. The number of nitrogens with one attached hydrogen (secondary N) is 1. The Morgan fingerprint density at radius 1 is 0.403 bits per heavy atom. The maximum Gasteiger partial charge on any atom is 0.305 e. The van der Waals surface area contributed by atoms with Crippen LogP contribution < -0.4 is 5.32 Å². The van der Waals surface area contributed by atoms with Crippen LogP contribution in [-0.2, 0) is 14.3 Å². The summed E-state index contributed by atoms with van der Waals surface area (Å²) in [6.07, 6.45) is 70.3. The minimum Gasteiger partial charge on any atom is -0.466 e. The first-order valence-corrected chi connectivity index (χ1v) is 29.8. The van der Waals surface area contributed by atoms with Gasteiger partial charge < -0.3 is 20.3 Å². The summed E-state index contributed by atoms with van der Waals surface area (Å²) in [6.45, 7) is 4.85. The van der Waals surface area contributed by atoms with Gasteiger partial charge in [0.2, 0.25) is 5.91 Å². The average Bonchev–Trinajstić information content (AvgIpc) is 3.33. The molecule has 3 N–H and O–H groups in total. The Bertz CT molecular complexity index is 1090. The third-order valence-corrected chi connectivity index (χ3v) is 13.6. The molecule has 0 bridgehead atoms. The van der Waals surface area contributed by atoms with E-state index in [4.69, 9.17) is 4.74 Å². The molecule has 1 amide bonds. The predicted molar refractivity (Wildman–Crippen MR) is 292 cm³/mol. The Morgan fingerprint density at radius 3 is 1.06 bits per heavy atom. The maximum absolute atomic E-state index is 12.5. The van der Waals surface area contributed by atoms with Crippen molar-refractivity contribution in [2.24, 2.45) is 0 Å². The second-order valence-corrected chi connectivity index (χ2v) is 20.3. The van der Waals surface area contributed by atoms with Crippen LogP contribution in [-0.4, -0.2) is 47.4 Å². The van der Waals surface area contributed by atoms with Gasteiger partial charge in [0.1, 0.15) is 0 Å². The van der Waals surface area contributed by atoms with Gasteiger partial charge in [-0.3, -0.25) is 9.59 Å². The Morgan fingerprint density at radius 2 is 0.701 bits per heavy atom. The van der Waals surface area contributed by atoms with E-state index in [1.165, 1.54) is 205 Å². The van der Waals surface area contributed by atoms with E-state index in [-0.39, 0.29) is 18.5 Å². The van der Waals surface area contributed by atoms with E-state index in [2.05, 4.69) is 43.5 Å². The number of aliphatic hydroxyl groups excluding tert-OH is 2. The number of aliphatic hydroxyl groups is 2. The molecule has 0 fully saturated rings. The number of amides is 1. The standard InChI is InChI=1S/C61H115NO5/c1-3-5-7-9-11-13-15-17-19-20-21-22-23-24-25-26-28-29-33-37-41-45-49-53-59(64)58(57-63)62-60(65)54-50-46-42-38-34-31-32-36-40-44-48-52-56-67-61(66)55-51-47-43-39-35-30-27-18-16-14-12-10-8-6-4-2/h18,27,32,36,49,53,58-59,63-64H,3-17,19-26,28-31,33-35,37-48,50-52,54-57H2,1-2H3,(H,62,65)/b27-18-,36-32-,53-49+. The highest BCUT2D eigenvalue weighted by atomic mass is 16.5. The minimum absolute atomic E-state index is 0.0320. The molecule has 0 spiro atoms. The van der Waals surface area contributed by atoms with E-state index in [0.717, 1.165) is 83.5 Å². The van der Waals surface area contributed by atoms with Gasteiger partial charge in [-0.1, -0.05) is 249 Å². The zero-order valence-electron chi connectivity index (χ0n) is 44.9. The zero-order chi connectivity index (χ0) is 48.6. The fourth-order valence-corrected chi connectivity index (χ4v) is 9.03. The van der Waals surface area contributed by atoms with Gasteiger partial charge in [-0.05, 0) is 89.9 Å². The van der Waals surface area contributed by atoms with Crippen LogP contribution in [0.3, 0.4) is 0 Å². The van der Waals surface area contributed by atoms with Crippen molar-refractivity contribution in [3.05, 3.63) is 36.5 Å². The molecule has 0 saturated carbocycles. The molecule has 0 rings (SSSR count). The predicted octanol–water partition coefficient (Wildman–Crippen LogP) is 18.4. The smallest absolute Gasteiger partial charge is 0.305 e. The monoisotopic (exact) mass is 942 g/mol. The molecule has 0 aliphatic heterocycles. The number of carbonyl (C=O) groups excluding carboxylic acids is 2. The maximum atomic E-state index is 12.5. The van der Waals surface area contributed by atoms with E-state index in [1.807, 2.05) is 6.08 Å². The van der Waals surface area contributed by atoms with Crippen molar-refractivity contribution in [3.63, 3.8) is 0 Å². The molecule has 0 heterocycles. The van der Waals surface area contributed by atoms with Gasteiger partial charge in [-0.15, -0.1) is 0 Å². The Balaban J connectivity index is 3.53. The summed E-state index contributed by atoms with van der Waals surface area (Å²) in [6, 6.07) is -0.648. The number of hydrogen-bond donors (Lipinski definition) is 3. The fraction of sp³-hybridized carbons (Fsp3) is 0.869. The molecule has 67 heavy (non-hydrogen) atoms. The second-order valence-electron chi connectivity index (χ2n) is 20.3. The minimum atomic E-state index is -0.862. The molecule has 2 atom stereocenters. The number of allylic oxidation sites excluding steroid dienone is 5. The Kier molecular flexibility index (Phi) is 55.0. The number of hydrogen-bond acceptors (Lipinski definition) is 5. The number of rotatable bonds is 55. The molecule has 2 unspecified atom stereocenters. The summed E-state index contributed by atoms with van der Waals surface area (Å²) < 4.78 is 5.45. The lowest BCUT2D eigenvalue weighted by Gasteiger charge is -2.20. The van der Waals surface area contributed by atoms with Crippen LogP contribution in [0.5, 0.6) is 0 Å². The van der Waals surface area contributed by atoms with E-state index < -0.39 is 12.1 Å². The van der Waals surface area contributed by atoms with Crippen molar-refractivity contribution >= 4 is 11.9 Å². The molecule has 394 valence electrons. The van der Waals surface area contributed by atoms with Crippen molar-refractivity contribution in [1.82, 2.24) is 5.32 Å². The Hall–Kier alpha value is -1.92. The Labute approximate surface area is 417 Å². The first-order chi connectivity index (χ1) is 33.0.